The molecule has 0 aliphatic carbocycles. The van der Waals surface area contributed by atoms with E-state index in [9.17, 15) is 4.79 Å². The summed E-state index contributed by atoms with van der Waals surface area (Å²) < 4.78 is 1.17. The Morgan fingerprint density at radius 3 is 3.06 bits per heavy atom. The van der Waals surface area contributed by atoms with Crippen LogP contribution < -0.4 is 5.32 Å². The van der Waals surface area contributed by atoms with Gasteiger partial charge in [-0.1, -0.05) is 0 Å². The molecule has 5 heteroatoms. The molecule has 1 aromatic heterocycles. The molecule has 1 aliphatic rings. The average molecular weight is 378 g/mol. The Labute approximate surface area is 126 Å². The highest BCUT2D eigenvalue weighted by atomic mass is 127. The molecule has 1 saturated heterocycles. The zero-order valence-corrected chi connectivity index (χ0v) is 13.6. The highest BCUT2D eigenvalue weighted by Crippen LogP contribution is 2.19. The molecule has 1 aliphatic heterocycles. The summed E-state index contributed by atoms with van der Waals surface area (Å²) in [4.78, 5) is 14.4. The van der Waals surface area contributed by atoms with E-state index in [1.807, 2.05) is 16.3 Å². The zero-order chi connectivity index (χ0) is 13.0. The van der Waals surface area contributed by atoms with Crippen molar-refractivity contribution in [2.45, 2.75) is 19.8 Å². The molecule has 1 atom stereocenters. The predicted molar refractivity (Wildman–Crippen MR) is 84.2 cm³/mol. The van der Waals surface area contributed by atoms with Crippen LogP contribution in [0.15, 0.2) is 11.4 Å². The van der Waals surface area contributed by atoms with Crippen LogP contribution in [0.2, 0.25) is 0 Å². The molecule has 2 rings (SSSR count). The van der Waals surface area contributed by atoms with E-state index in [4.69, 9.17) is 0 Å². The number of rotatable bonds is 4. The van der Waals surface area contributed by atoms with Crippen LogP contribution in [0, 0.1) is 8.80 Å². The first-order chi connectivity index (χ1) is 8.70. The van der Waals surface area contributed by atoms with Crippen molar-refractivity contribution >= 4 is 39.8 Å². The van der Waals surface area contributed by atoms with Gasteiger partial charge in [0, 0.05) is 18.5 Å². The average Bonchev–Trinajstić information content (AvgIpc) is 2.83. The number of piperidine rings is 1. The fourth-order valence-electron chi connectivity index (χ4n) is 2.35. The SMILES string of the molecule is CCN(CC1CCCNC1)C(=O)c1csc(I)c1. The lowest BCUT2D eigenvalue weighted by Gasteiger charge is -2.29. The van der Waals surface area contributed by atoms with Crippen LogP contribution in [0.1, 0.15) is 30.1 Å². The molecule has 2 heterocycles. The molecule has 3 nitrogen and oxygen atoms in total. The lowest BCUT2D eigenvalue weighted by molar-refractivity contribution is 0.0729. The van der Waals surface area contributed by atoms with Gasteiger partial charge in [-0.05, 0) is 67.4 Å². The van der Waals surface area contributed by atoms with Crippen molar-refractivity contribution in [2.75, 3.05) is 26.2 Å². The van der Waals surface area contributed by atoms with Gasteiger partial charge in [0.25, 0.3) is 5.91 Å². The third-order valence-electron chi connectivity index (χ3n) is 3.36. The van der Waals surface area contributed by atoms with Gasteiger partial charge in [-0.25, -0.2) is 0 Å². The fourth-order valence-corrected chi connectivity index (χ4v) is 3.67. The highest BCUT2D eigenvalue weighted by molar-refractivity contribution is 14.1. The monoisotopic (exact) mass is 378 g/mol. The van der Waals surface area contributed by atoms with Crippen LogP contribution >= 0.6 is 33.9 Å². The zero-order valence-electron chi connectivity index (χ0n) is 10.6. The molecule has 0 radical (unpaired) electrons. The van der Waals surface area contributed by atoms with Crippen molar-refractivity contribution in [1.82, 2.24) is 10.2 Å². The minimum Gasteiger partial charge on any atom is -0.339 e. The predicted octanol–water partition coefficient (Wildman–Crippen LogP) is 2.81. The lowest BCUT2D eigenvalue weighted by atomic mass is 9.99. The van der Waals surface area contributed by atoms with E-state index >= 15 is 0 Å². The topological polar surface area (TPSA) is 32.3 Å². The largest absolute Gasteiger partial charge is 0.339 e. The van der Waals surface area contributed by atoms with E-state index in [1.165, 1.54) is 15.7 Å². The first-order valence-corrected chi connectivity index (χ1v) is 8.40. The van der Waals surface area contributed by atoms with Gasteiger partial charge in [0.15, 0.2) is 0 Å². The van der Waals surface area contributed by atoms with Gasteiger partial charge in [0.2, 0.25) is 0 Å². The minimum atomic E-state index is 0.183. The van der Waals surface area contributed by atoms with Crippen LogP contribution in [-0.2, 0) is 0 Å². The van der Waals surface area contributed by atoms with Crippen LogP contribution in [-0.4, -0.2) is 37.0 Å². The normalized spacial score (nSPS) is 19.8. The smallest absolute Gasteiger partial charge is 0.254 e. The molecule has 1 N–H and O–H groups in total. The van der Waals surface area contributed by atoms with Crippen molar-refractivity contribution in [3.8, 4) is 0 Å². The van der Waals surface area contributed by atoms with Gasteiger partial charge in [0.1, 0.15) is 0 Å². The third kappa shape index (κ3) is 3.68. The van der Waals surface area contributed by atoms with Crippen molar-refractivity contribution in [1.29, 1.82) is 0 Å². The second-order valence-electron chi connectivity index (χ2n) is 4.70. The molecule has 18 heavy (non-hydrogen) atoms. The fraction of sp³-hybridized carbons (Fsp3) is 0.615. The molecule has 1 unspecified atom stereocenters. The number of amides is 1. The molecule has 1 aromatic rings. The maximum atomic E-state index is 12.4. The van der Waals surface area contributed by atoms with E-state index in [-0.39, 0.29) is 5.91 Å². The van der Waals surface area contributed by atoms with E-state index in [0.29, 0.717) is 5.92 Å². The van der Waals surface area contributed by atoms with Crippen LogP contribution in [0.5, 0.6) is 0 Å². The molecule has 0 saturated carbocycles. The van der Waals surface area contributed by atoms with E-state index in [2.05, 4.69) is 34.8 Å². The van der Waals surface area contributed by atoms with Gasteiger partial charge in [-0.3, -0.25) is 4.79 Å². The Balaban J connectivity index is 1.97. The highest BCUT2D eigenvalue weighted by Gasteiger charge is 2.21. The van der Waals surface area contributed by atoms with E-state index in [1.54, 1.807) is 11.3 Å². The number of nitrogens with zero attached hydrogens (tertiary/aromatic N) is 1. The van der Waals surface area contributed by atoms with Gasteiger partial charge < -0.3 is 10.2 Å². The van der Waals surface area contributed by atoms with E-state index in [0.717, 1.165) is 31.7 Å². The second-order valence-corrected chi connectivity index (χ2v) is 7.50. The molecule has 1 amide bonds. The van der Waals surface area contributed by atoms with Crippen LogP contribution in [0.3, 0.4) is 0 Å². The molecule has 0 bridgehead atoms. The molecule has 0 aromatic carbocycles. The Morgan fingerprint density at radius 1 is 1.67 bits per heavy atom. The van der Waals surface area contributed by atoms with Gasteiger partial charge in [-0.2, -0.15) is 0 Å². The quantitative estimate of drug-likeness (QED) is 0.818. The molecule has 0 spiro atoms. The summed E-state index contributed by atoms with van der Waals surface area (Å²) in [5.74, 6) is 0.794. The third-order valence-corrected chi connectivity index (χ3v) is 5.15. The second kappa shape index (κ2) is 6.86. The summed E-state index contributed by atoms with van der Waals surface area (Å²) in [6.45, 7) is 5.91. The number of hydrogen-bond donors (Lipinski definition) is 1. The van der Waals surface area contributed by atoms with Crippen molar-refractivity contribution < 1.29 is 4.79 Å². The summed E-state index contributed by atoms with van der Waals surface area (Å²) in [5, 5.41) is 5.37. The number of hydrogen-bond acceptors (Lipinski definition) is 3. The van der Waals surface area contributed by atoms with Gasteiger partial charge in [-0.15, -0.1) is 11.3 Å². The van der Waals surface area contributed by atoms with Crippen LogP contribution in [0.4, 0.5) is 0 Å². The molecular weight excluding hydrogens is 359 g/mol. The van der Waals surface area contributed by atoms with Crippen molar-refractivity contribution in [2.24, 2.45) is 5.92 Å². The number of carbonyl (C=O) groups excluding carboxylic acids is 1. The van der Waals surface area contributed by atoms with Gasteiger partial charge >= 0.3 is 0 Å². The Morgan fingerprint density at radius 2 is 2.50 bits per heavy atom. The van der Waals surface area contributed by atoms with Gasteiger partial charge in [0.05, 0.1) is 8.45 Å². The maximum absolute atomic E-state index is 12.4. The summed E-state index contributed by atoms with van der Waals surface area (Å²) in [5.41, 5.74) is 0.843. The summed E-state index contributed by atoms with van der Waals surface area (Å²) in [6.07, 6.45) is 2.46. The first kappa shape index (κ1) is 14.3. The number of halogens is 1. The molecule has 100 valence electrons. The standard InChI is InChI=1S/C13H19IN2OS/c1-2-16(8-10-4-3-5-15-7-10)13(17)11-6-12(14)18-9-11/h6,9-10,15H,2-5,7-8H2,1H3. The number of carbonyl (C=O) groups is 1. The first-order valence-electron chi connectivity index (χ1n) is 6.44. The Bertz CT molecular complexity index is 401. The van der Waals surface area contributed by atoms with Crippen LogP contribution in [0.25, 0.3) is 0 Å². The molecular formula is C13H19IN2OS. The van der Waals surface area contributed by atoms with E-state index < -0.39 is 0 Å². The Kier molecular flexibility index (Phi) is 5.44. The number of nitrogens with one attached hydrogen (secondary N) is 1. The van der Waals surface area contributed by atoms with Crippen molar-refractivity contribution in [3.63, 3.8) is 0 Å². The summed E-state index contributed by atoms with van der Waals surface area (Å²) >= 11 is 3.90. The Hall–Kier alpha value is -0.140. The molecule has 1 fully saturated rings. The van der Waals surface area contributed by atoms with Crippen molar-refractivity contribution in [3.05, 3.63) is 19.9 Å². The number of thiophene rings is 1. The summed E-state index contributed by atoms with van der Waals surface area (Å²) in [7, 11) is 0. The minimum absolute atomic E-state index is 0.183. The summed E-state index contributed by atoms with van der Waals surface area (Å²) in [6, 6.07) is 1.98. The lowest BCUT2D eigenvalue weighted by Crippen LogP contribution is -2.40. The maximum Gasteiger partial charge on any atom is 0.254 e.